The van der Waals surface area contributed by atoms with Crippen LogP contribution in [0.25, 0.3) is 5.65 Å². The Bertz CT molecular complexity index is 586. The van der Waals surface area contributed by atoms with E-state index in [-0.39, 0.29) is 0 Å². The molecule has 3 rings (SSSR count). The number of fused-ring (bicyclic) bond motifs is 2. The first kappa shape index (κ1) is 11.0. The normalized spacial score (nSPS) is 15.9. The van der Waals surface area contributed by atoms with E-state index in [2.05, 4.69) is 12.0 Å². The Balaban J connectivity index is 2.32. The zero-order valence-electron chi connectivity index (χ0n) is 10.3. The first-order valence-electron chi connectivity index (χ1n) is 6.21. The van der Waals surface area contributed by atoms with E-state index in [1.165, 1.54) is 30.5 Å². The molecule has 3 nitrogen and oxygen atoms in total. The standard InChI is InChI=1S/C13H16ClN3/c1-8-9(2)16-17-12(14)10-6-4-3-5-7-11(10)15-13(8)17/h3-7H2,1-2H3. The van der Waals surface area contributed by atoms with Gasteiger partial charge in [0.05, 0.1) is 5.69 Å². The summed E-state index contributed by atoms with van der Waals surface area (Å²) in [5, 5.41) is 5.24. The number of rotatable bonds is 0. The molecule has 4 heteroatoms. The summed E-state index contributed by atoms with van der Waals surface area (Å²) in [4.78, 5) is 4.77. The van der Waals surface area contributed by atoms with Crippen molar-refractivity contribution in [2.45, 2.75) is 46.0 Å². The Morgan fingerprint density at radius 1 is 1.12 bits per heavy atom. The third kappa shape index (κ3) is 1.64. The van der Waals surface area contributed by atoms with Crippen LogP contribution in [-0.4, -0.2) is 14.6 Å². The maximum atomic E-state index is 6.48. The van der Waals surface area contributed by atoms with E-state index < -0.39 is 0 Å². The van der Waals surface area contributed by atoms with Crippen LogP contribution in [0.15, 0.2) is 0 Å². The lowest BCUT2D eigenvalue weighted by molar-refractivity contribution is 0.709. The molecule has 2 heterocycles. The van der Waals surface area contributed by atoms with Gasteiger partial charge in [-0.05, 0) is 39.5 Å². The molecule has 0 amide bonds. The first-order valence-corrected chi connectivity index (χ1v) is 6.59. The molecule has 0 atom stereocenters. The fourth-order valence-electron chi connectivity index (χ4n) is 2.53. The van der Waals surface area contributed by atoms with Crippen molar-refractivity contribution in [3.05, 3.63) is 27.7 Å². The minimum Gasteiger partial charge on any atom is -0.233 e. The van der Waals surface area contributed by atoms with Gasteiger partial charge < -0.3 is 0 Å². The Morgan fingerprint density at radius 2 is 1.88 bits per heavy atom. The Morgan fingerprint density at radius 3 is 2.71 bits per heavy atom. The van der Waals surface area contributed by atoms with Crippen LogP contribution in [0.1, 0.15) is 41.8 Å². The van der Waals surface area contributed by atoms with Crippen molar-refractivity contribution in [3.8, 4) is 0 Å². The summed E-state index contributed by atoms with van der Waals surface area (Å²) in [5.41, 5.74) is 5.47. The molecular weight excluding hydrogens is 234 g/mol. The SMILES string of the molecule is Cc1nn2c(Cl)c3c(nc2c1C)CCCCC3. The zero-order valence-corrected chi connectivity index (χ0v) is 11.0. The monoisotopic (exact) mass is 249 g/mol. The summed E-state index contributed by atoms with van der Waals surface area (Å²) >= 11 is 6.48. The summed E-state index contributed by atoms with van der Waals surface area (Å²) in [6.45, 7) is 4.07. The molecule has 0 saturated heterocycles. The van der Waals surface area contributed by atoms with Gasteiger partial charge in [-0.15, -0.1) is 0 Å². The molecule has 1 aliphatic rings. The molecule has 0 fully saturated rings. The summed E-state index contributed by atoms with van der Waals surface area (Å²) in [7, 11) is 0. The van der Waals surface area contributed by atoms with Gasteiger partial charge in [0.2, 0.25) is 0 Å². The summed E-state index contributed by atoms with van der Waals surface area (Å²) < 4.78 is 1.80. The number of hydrogen-bond acceptors (Lipinski definition) is 2. The van der Waals surface area contributed by atoms with Crippen LogP contribution in [0.4, 0.5) is 0 Å². The molecule has 1 aliphatic carbocycles. The average Bonchev–Trinajstić information content (AvgIpc) is 2.54. The van der Waals surface area contributed by atoms with E-state index >= 15 is 0 Å². The summed E-state index contributed by atoms with van der Waals surface area (Å²) in [6.07, 6.45) is 5.79. The van der Waals surface area contributed by atoms with Gasteiger partial charge in [0, 0.05) is 16.8 Å². The quantitative estimate of drug-likeness (QED) is 0.530. The molecular formula is C13H16ClN3. The summed E-state index contributed by atoms with van der Waals surface area (Å²) in [6, 6.07) is 0. The zero-order chi connectivity index (χ0) is 12.0. The number of halogens is 1. The van der Waals surface area contributed by atoms with E-state index in [1.54, 1.807) is 4.52 Å². The van der Waals surface area contributed by atoms with Crippen LogP contribution in [-0.2, 0) is 12.8 Å². The van der Waals surface area contributed by atoms with Gasteiger partial charge >= 0.3 is 0 Å². The van der Waals surface area contributed by atoms with Crippen molar-refractivity contribution >= 4 is 17.2 Å². The largest absolute Gasteiger partial charge is 0.233 e. The molecule has 0 aliphatic heterocycles. The predicted octanol–water partition coefficient (Wildman–Crippen LogP) is 3.27. The minimum absolute atomic E-state index is 0.767. The second-order valence-corrected chi connectivity index (χ2v) is 5.19. The van der Waals surface area contributed by atoms with Gasteiger partial charge in [-0.1, -0.05) is 18.0 Å². The number of hydrogen-bond donors (Lipinski definition) is 0. The molecule has 2 aromatic rings. The van der Waals surface area contributed by atoms with Gasteiger partial charge in [0.1, 0.15) is 5.15 Å². The number of aromatic nitrogens is 3. The molecule has 0 bridgehead atoms. The fraction of sp³-hybridized carbons (Fsp3) is 0.538. The highest BCUT2D eigenvalue weighted by molar-refractivity contribution is 6.30. The third-order valence-corrected chi connectivity index (χ3v) is 4.08. The number of nitrogens with zero attached hydrogens (tertiary/aromatic N) is 3. The maximum absolute atomic E-state index is 6.48. The minimum atomic E-state index is 0.767. The third-order valence-electron chi connectivity index (χ3n) is 3.69. The van der Waals surface area contributed by atoms with E-state index in [0.29, 0.717) is 0 Å². The number of aryl methyl sites for hydroxylation is 3. The predicted molar refractivity (Wildman–Crippen MR) is 68.7 cm³/mol. The van der Waals surface area contributed by atoms with Crippen LogP contribution in [0.2, 0.25) is 5.15 Å². The van der Waals surface area contributed by atoms with Crippen molar-refractivity contribution < 1.29 is 0 Å². The van der Waals surface area contributed by atoms with Gasteiger partial charge in [0.25, 0.3) is 0 Å². The maximum Gasteiger partial charge on any atom is 0.160 e. The van der Waals surface area contributed by atoms with Crippen molar-refractivity contribution in [2.24, 2.45) is 0 Å². The highest BCUT2D eigenvalue weighted by atomic mass is 35.5. The van der Waals surface area contributed by atoms with Gasteiger partial charge in [-0.2, -0.15) is 5.10 Å². The van der Waals surface area contributed by atoms with Crippen LogP contribution < -0.4 is 0 Å². The van der Waals surface area contributed by atoms with Gasteiger partial charge in [-0.25, -0.2) is 9.50 Å². The molecule has 0 spiro atoms. The van der Waals surface area contributed by atoms with Gasteiger partial charge in [-0.3, -0.25) is 0 Å². The van der Waals surface area contributed by atoms with Crippen LogP contribution >= 0.6 is 11.6 Å². The molecule has 17 heavy (non-hydrogen) atoms. The lowest BCUT2D eigenvalue weighted by Crippen LogP contribution is -2.04. The van der Waals surface area contributed by atoms with Crippen LogP contribution in [0.3, 0.4) is 0 Å². The molecule has 0 radical (unpaired) electrons. The second kappa shape index (κ2) is 3.98. The van der Waals surface area contributed by atoms with E-state index in [9.17, 15) is 0 Å². The second-order valence-electron chi connectivity index (χ2n) is 4.83. The molecule has 0 N–H and O–H groups in total. The van der Waals surface area contributed by atoms with E-state index in [1.807, 2.05) is 6.92 Å². The lowest BCUT2D eigenvalue weighted by Gasteiger charge is -2.08. The highest BCUT2D eigenvalue weighted by Crippen LogP contribution is 2.28. The topological polar surface area (TPSA) is 30.2 Å². The Hall–Kier alpha value is -1.09. The van der Waals surface area contributed by atoms with E-state index in [4.69, 9.17) is 16.6 Å². The van der Waals surface area contributed by atoms with Crippen molar-refractivity contribution in [1.29, 1.82) is 0 Å². The molecule has 2 aromatic heterocycles. The molecule has 0 saturated carbocycles. The average molecular weight is 250 g/mol. The van der Waals surface area contributed by atoms with Crippen molar-refractivity contribution in [2.75, 3.05) is 0 Å². The molecule has 90 valence electrons. The fourth-order valence-corrected chi connectivity index (χ4v) is 2.85. The van der Waals surface area contributed by atoms with Crippen LogP contribution in [0.5, 0.6) is 0 Å². The van der Waals surface area contributed by atoms with Crippen molar-refractivity contribution in [3.63, 3.8) is 0 Å². The smallest absolute Gasteiger partial charge is 0.160 e. The van der Waals surface area contributed by atoms with E-state index in [0.717, 1.165) is 34.9 Å². The lowest BCUT2D eigenvalue weighted by atomic mass is 10.1. The Labute approximate surface area is 106 Å². The van der Waals surface area contributed by atoms with Gasteiger partial charge in [0.15, 0.2) is 5.65 Å². The first-order chi connectivity index (χ1) is 8.18. The van der Waals surface area contributed by atoms with Crippen molar-refractivity contribution in [1.82, 2.24) is 14.6 Å². The summed E-state index contributed by atoms with van der Waals surface area (Å²) in [5.74, 6) is 0. The highest BCUT2D eigenvalue weighted by Gasteiger charge is 2.18. The Kier molecular flexibility index (Phi) is 2.58. The van der Waals surface area contributed by atoms with Crippen LogP contribution in [0, 0.1) is 13.8 Å². The molecule has 0 unspecified atom stereocenters. The molecule has 0 aromatic carbocycles.